The number of amides is 2. The molecule has 0 heterocycles. The Morgan fingerprint density at radius 2 is 1.94 bits per heavy atom. The summed E-state index contributed by atoms with van der Waals surface area (Å²) in [6, 6.07) is 8.89. The van der Waals surface area contributed by atoms with Crippen molar-refractivity contribution in [1.29, 1.82) is 0 Å². The van der Waals surface area contributed by atoms with Gasteiger partial charge in [-0.15, -0.1) is 0 Å². The van der Waals surface area contributed by atoms with Gasteiger partial charge in [-0.1, -0.05) is 18.2 Å². The molecule has 1 aromatic rings. The van der Waals surface area contributed by atoms with E-state index in [0.717, 1.165) is 5.69 Å². The molecule has 0 aliphatic rings. The van der Waals surface area contributed by atoms with Crippen molar-refractivity contribution in [2.75, 3.05) is 26.0 Å². The summed E-state index contributed by atoms with van der Waals surface area (Å²) in [6.07, 6.45) is 0.190. The van der Waals surface area contributed by atoms with Gasteiger partial charge in [-0.2, -0.15) is 0 Å². The normalized spacial score (nSPS) is 9.53. The molecule has 0 aliphatic carbocycles. The lowest BCUT2D eigenvalue weighted by atomic mass is 10.3. The second kappa shape index (κ2) is 6.52. The third-order valence-corrected chi connectivity index (χ3v) is 2.25. The van der Waals surface area contributed by atoms with Crippen molar-refractivity contribution in [3.05, 3.63) is 30.3 Å². The number of hydrogen-bond donors (Lipinski definition) is 1. The van der Waals surface area contributed by atoms with Gasteiger partial charge >= 0.3 is 12.0 Å². The topological polar surface area (TPSA) is 58.6 Å². The highest BCUT2D eigenvalue weighted by molar-refractivity contribution is 5.89. The first-order valence-electron chi connectivity index (χ1n) is 5.27. The number of hydrogen-bond acceptors (Lipinski definition) is 3. The van der Waals surface area contributed by atoms with Gasteiger partial charge in [-0.25, -0.2) is 4.79 Å². The van der Waals surface area contributed by atoms with Crippen LogP contribution < -0.4 is 5.32 Å². The number of urea groups is 1. The highest BCUT2D eigenvalue weighted by atomic mass is 16.5. The highest BCUT2D eigenvalue weighted by Crippen LogP contribution is 2.06. The Morgan fingerprint density at radius 1 is 1.29 bits per heavy atom. The van der Waals surface area contributed by atoms with Crippen LogP contribution in [0.1, 0.15) is 6.42 Å². The minimum atomic E-state index is -0.329. The lowest BCUT2D eigenvalue weighted by Gasteiger charge is -2.17. The molecule has 0 radical (unpaired) electrons. The molecule has 0 spiro atoms. The standard InChI is InChI=1S/C12H16N2O3/c1-14(9-8-11(15)17-2)12(16)13-10-6-4-3-5-7-10/h3-7H,8-9H2,1-2H3,(H,13,16). The average Bonchev–Trinajstić information content (AvgIpc) is 2.36. The number of carbonyl (C=O) groups excluding carboxylic acids is 2. The molecular formula is C12H16N2O3. The minimum Gasteiger partial charge on any atom is -0.469 e. The maximum Gasteiger partial charge on any atom is 0.321 e. The van der Waals surface area contributed by atoms with E-state index in [4.69, 9.17) is 0 Å². The Labute approximate surface area is 100 Å². The molecule has 0 fully saturated rings. The number of nitrogens with one attached hydrogen (secondary N) is 1. The number of esters is 1. The van der Waals surface area contributed by atoms with Crippen molar-refractivity contribution in [1.82, 2.24) is 4.90 Å². The monoisotopic (exact) mass is 236 g/mol. The van der Waals surface area contributed by atoms with Crippen LogP contribution in [0, 0.1) is 0 Å². The summed E-state index contributed by atoms with van der Waals surface area (Å²) in [6.45, 7) is 0.325. The number of anilines is 1. The first-order valence-corrected chi connectivity index (χ1v) is 5.27. The van der Waals surface area contributed by atoms with E-state index in [-0.39, 0.29) is 18.4 Å². The van der Waals surface area contributed by atoms with Gasteiger partial charge in [0, 0.05) is 19.3 Å². The van der Waals surface area contributed by atoms with Gasteiger partial charge in [-0.05, 0) is 12.1 Å². The van der Waals surface area contributed by atoms with Gasteiger partial charge in [0.25, 0.3) is 0 Å². The second-order valence-corrected chi connectivity index (χ2v) is 3.54. The fourth-order valence-electron chi connectivity index (χ4n) is 1.20. The summed E-state index contributed by atoms with van der Waals surface area (Å²) in [4.78, 5) is 24.0. The summed E-state index contributed by atoms with van der Waals surface area (Å²) in [7, 11) is 2.95. The fourth-order valence-corrected chi connectivity index (χ4v) is 1.20. The Kier molecular flexibility index (Phi) is 5.00. The third kappa shape index (κ3) is 4.55. The predicted molar refractivity (Wildman–Crippen MR) is 64.7 cm³/mol. The molecule has 2 amide bonds. The van der Waals surface area contributed by atoms with Crippen molar-refractivity contribution >= 4 is 17.7 Å². The molecule has 0 unspecified atom stereocenters. The van der Waals surface area contributed by atoms with E-state index in [1.165, 1.54) is 12.0 Å². The smallest absolute Gasteiger partial charge is 0.321 e. The average molecular weight is 236 g/mol. The van der Waals surface area contributed by atoms with Crippen LogP contribution in [0.4, 0.5) is 10.5 Å². The van der Waals surface area contributed by atoms with Crippen LogP contribution in [-0.4, -0.2) is 37.6 Å². The van der Waals surface area contributed by atoms with Gasteiger partial charge in [0.05, 0.1) is 13.5 Å². The quantitative estimate of drug-likeness (QED) is 0.810. The Hall–Kier alpha value is -2.04. The first-order chi connectivity index (χ1) is 8.13. The molecule has 1 aromatic carbocycles. The van der Waals surface area contributed by atoms with Crippen LogP contribution in [0.3, 0.4) is 0 Å². The first kappa shape index (κ1) is 13.0. The van der Waals surface area contributed by atoms with Crippen LogP contribution in [0.5, 0.6) is 0 Å². The summed E-state index contributed by atoms with van der Waals surface area (Å²) < 4.78 is 4.50. The van der Waals surface area contributed by atoms with Crippen molar-refractivity contribution in [3.8, 4) is 0 Å². The maximum atomic E-state index is 11.7. The van der Waals surface area contributed by atoms with Crippen molar-refractivity contribution < 1.29 is 14.3 Å². The minimum absolute atomic E-state index is 0.190. The van der Waals surface area contributed by atoms with Crippen LogP contribution in [0.2, 0.25) is 0 Å². The van der Waals surface area contributed by atoms with Gasteiger partial charge < -0.3 is 15.0 Å². The number of rotatable bonds is 4. The van der Waals surface area contributed by atoms with Crippen molar-refractivity contribution in [3.63, 3.8) is 0 Å². The molecule has 5 nitrogen and oxygen atoms in total. The van der Waals surface area contributed by atoms with E-state index in [1.54, 1.807) is 19.2 Å². The summed E-state index contributed by atoms with van der Waals surface area (Å²) >= 11 is 0. The molecule has 0 saturated carbocycles. The van der Waals surface area contributed by atoms with Crippen LogP contribution in [-0.2, 0) is 9.53 Å². The number of nitrogens with zero attached hydrogens (tertiary/aromatic N) is 1. The van der Waals surface area contributed by atoms with E-state index < -0.39 is 0 Å². The SMILES string of the molecule is COC(=O)CCN(C)C(=O)Nc1ccccc1. The van der Waals surface area contributed by atoms with E-state index in [1.807, 2.05) is 18.2 Å². The Morgan fingerprint density at radius 3 is 2.53 bits per heavy atom. The number of methoxy groups -OCH3 is 1. The zero-order chi connectivity index (χ0) is 12.7. The van der Waals surface area contributed by atoms with Crippen LogP contribution in [0.25, 0.3) is 0 Å². The molecule has 92 valence electrons. The zero-order valence-electron chi connectivity index (χ0n) is 9.97. The van der Waals surface area contributed by atoms with Crippen LogP contribution >= 0.6 is 0 Å². The zero-order valence-corrected chi connectivity index (χ0v) is 9.97. The molecule has 1 rings (SSSR count). The lowest BCUT2D eigenvalue weighted by molar-refractivity contribution is -0.140. The van der Waals surface area contributed by atoms with Crippen molar-refractivity contribution in [2.24, 2.45) is 0 Å². The number of ether oxygens (including phenoxy) is 1. The molecular weight excluding hydrogens is 220 g/mol. The Bertz CT molecular complexity index is 379. The third-order valence-electron chi connectivity index (χ3n) is 2.25. The maximum absolute atomic E-state index is 11.7. The molecule has 0 saturated heterocycles. The van der Waals surface area contributed by atoms with Gasteiger partial charge in [-0.3, -0.25) is 4.79 Å². The van der Waals surface area contributed by atoms with Gasteiger partial charge in [0.1, 0.15) is 0 Å². The Balaban J connectivity index is 2.40. The van der Waals surface area contributed by atoms with E-state index in [9.17, 15) is 9.59 Å². The predicted octanol–water partition coefficient (Wildman–Crippen LogP) is 1.71. The summed E-state index contributed by atoms with van der Waals surface area (Å²) in [5, 5.41) is 2.72. The van der Waals surface area contributed by atoms with Gasteiger partial charge in [0.2, 0.25) is 0 Å². The van der Waals surface area contributed by atoms with E-state index in [0.29, 0.717) is 6.54 Å². The number of para-hydroxylation sites is 1. The number of carbonyl (C=O) groups is 2. The molecule has 0 bridgehead atoms. The second-order valence-electron chi connectivity index (χ2n) is 3.54. The largest absolute Gasteiger partial charge is 0.469 e. The van der Waals surface area contributed by atoms with Crippen LogP contribution in [0.15, 0.2) is 30.3 Å². The molecule has 0 atom stereocenters. The molecule has 5 heteroatoms. The molecule has 17 heavy (non-hydrogen) atoms. The fraction of sp³-hybridized carbons (Fsp3) is 0.333. The van der Waals surface area contributed by atoms with E-state index in [2.05, 4.69) is 10.1 Å². The van der Waals surface area contributed by atoms with Crippen molar-refractivity contribution in [2.45, 2.75) is 6.42 Å². The summed E-state index contributed by atoms with van der Waals surface area (Å²) in [5.74, 6) is -0.329. The van der Waals surface area contributed by atoms with E-state index >= 15 is 0 Å². The van der Waals surface area contributed by atoms with Gasteiger partial charge in [0.15, 0.2) is 0 Å². The lowest BCUT2D eigenvalue weighted by Crippen LogP contribution is -2.33. The molecule has 0 aromatic heterocycles. The highest BCUT2D eigenvalue weighted by Gasteiger charge is 2.10. The number of benzene rings is 1. The summed E-state index contributed by atoms with van der Waals surface area (Å²) in [5.41, 5.74) is 0.724. The molecule has 1 N–H and O–H groups in total. The molecule has 0 aliphatic heterocycles.